The molecule has 0 aromatic heterocycles. The van der Waals surface area contributed by atoms with Crippen molar-refractivity contribution in [3.63, 3.8) is 0 Å². The lowest BCUT2D eigenvalue weighted by Gasteiger charge is -2.29. The smallest absolute Gasteiger partial charge is 0.253 e. The zero-order valence-electron chi connectivity index (χ0n) is 10.1. The summed E-state index contributed by atoms with van der Waals surface area (Å²) < 4.78 is 6.53. The van der Waals surface area contributed by atoms with Gasteiger partial charge in [0.25, 0.3) is 5.91 Å². The second-order valence-electron chi connectivity index (χ2n) is 4.58. The number of carbonyl (C=O) groups excluding carboxylic acids is 1. The largest absolute Gasteiger partial charge is 0.488 e. The van der Waals surface area contributed by atoms with Crippen LogP contribution in [0.2, 0.25) is 0 Å². The zero-order valence-corrected chi connectivity index (χ0v) is 11.7. The SMILES string of the molecule is NC(=O)c1c(Br)cccc1OC1CCCCC1N. The van der Waals surface area contributed by atoms with Gasteiger partial charge in [-0.25, -0.2) is 0 Å². The Kier molecular flexibility index (Phi) is 4.24. The molecule has 18 heavy (non-hydrogen) atoms. The minimum atomic E-state index is -0.498. The zero-order chi connectivity index (χ0) is 13.1. The van der Waals surface area contributed by atoms with Gasteiger partial charge in [0.05, 0.1) is 5.56 Å². The predicted molar refractivity (Wildman–Crippen MR) is 73.5 cm³/mol. The maximum atomic E-state index is 11.4. The molecule has 0 saturated heterocycles. The van der Waals surface area contributed by atoms with Crippen molar-refractivity contribution in [2.75, 3.05) is 0 Å². The van der Waals surface area contributed by atoms with E-state index < -0.39 is 5.91 Å². The van der Waals surface area contributed by atoms with Gasteiger partial charge in [-0.05, 0) is 47.3 Å². The third kappa shape index (κ3) is 2.84. The molecule has 1 aromatic carbocycles. The van der Waals surface area contributed by atoms with E-state index in [0.29, 0.717) is 15.8 Å². The third-order valence-corrected chi connectivity index (χ3v) is 3.91. The van der Waals surface area contributed by atoms with E-state index in [1.165, 1.54) is 0 Å². The number of benzene rings is 1. The molecule has 1 saturated carbocycles. The molecule has 0 radical (unpaired) electrons. The fourth-order valence-corrected chi connectivity index (χ4v) is 2.82. The highest BCUT2D eigenvalue weighted by molar-refractivity contribution is 9.10. The molecule has 2 atom stereocenters. The summed E-state index contributed by atoms with van der Waals surface area (Å²) in [5, 5.41) is 0. The molecule has 1 fully saturated rings. The third-order valence-electron chi connectivity index (χ3n) is 3.25. The summed E-state index contributed by atoms with van der Waals surface area (Å²) in [5.41, 5.74) is 11.8. The van der Waals surface area contributed by atoms with Gasteiger partial charge in [-0.1, -0.05) is 12.5 Å². The molecule has 98 valence electrons. The topological polar surface area (TPSA) is 78.3 Å². The molecule has 0 heterocycles. The first-order chi connectivity index (χ1) is 8.59. The second kappa shape index (κ2) is 5.71. The van der Waals surface area contributed by atoms with Crippen LogP contribution in [0.3, 0.4) is 0 Å². The fourth-order valence-electron chi connectivity index (χ4n) is 2.28. The van der Waals surface area contributed by atoms with Crippen molar-refractivity contribution in [3.05, 3.63) is 28.2 Å². The van der Waals surface area contributed by atoms with Crippen LogP contribution >= 0.6 is 15.9 Å². The molecule has 1 aliphatic rings. The Morgan fingerprint density at radius 2 is 2.06 bits per heavy atom. The van der Waals surface area contributed by atoms with Crippen LogP contribution in [-0.2, 0) is 0 Å². The van der Waals surface area contributed by atoms with Crippen LogP contribution in [0.15, 0.2) is 22.7 Å². The molecule has 1 amide bonds. The number of ether oxygens (including phenoxy) is 1. The summed E-state index contributed by atoms with van der Waals surface area (Å²) in [6.45, 7) is 0. The van der Waals surface area contributed by atoms with Crippen molar-refractivity contribution in [1.82, 2.24) is 0 Å². The second-order valence-corrected chi connectivity index (χ2v) is 5.44. The number of nitrogens with two attached hydrogens (primary N) is 2. The molecule has 5 heteroatoms. The number of rotatable bonds is 3. The van der Waals surface area contributed by atoms with E-state index in [9.17, 15) is 4.79 Å². The molecule has 0 aliphatic heterocycles. The molecular formula is C13H17BrN2O2. The quantitative estimate of drug-likeness (QED) is 0.898. The lowest BCUT2D eigenvalue weighted by atomic mass is 9.93. The van der Waals surface area contributed by atoms with Crippen molar-refractivity contribution in [2.24, 2.45) is 11.5 Å². The van der Waals surface area contributed by atoms with Crippen LogP contribution in [0.5, 0.6) is 5.75 Å². The average Bonchev–Trinajstić information content (AvgIpc) is 2.31. The number of hydrogen-bond acceptors (Lipinski definition) is 3. The van der Waals surface area contributed by atoms with Crippen LogP contribution in [0.1, 0.15) is 36.0 Å². The standard InChI is InChI=1S/C13H17BrN2O2/c14-8-4-3-7-11(12(8)13(16)17)18-10-6-2-1-5-9(10)15/h3-4,7,9-10H,1-2,5-6,15H2,(H2,16,17). The monoisotopic (exact) mass is 312 g/mol. The Morgan fingerprint density at radius 1 is 1.33 bits per heavy atom. The van der Waals surface area contributed by atoms with Gasteiger partial charge in [0.15, 0.2) is 0 Å². The first-order valence-electron chi connectivity index (χ1n) is 6.10. The Hall–Kier alpha value is -1.07. The minimum Gasteiger partial charge on any atom is -0.488 e. The summed E-state index contributed by atoms with van der Waals surface area (Å²) in [6, 6.07) is 5.37. The van der Waals surface area contributed by atoms with Gasteiger partial charge in [0.2, 0.25) is 0 Å². The summed E-state index contributed by atoms with van der Waals surface area (Å²) in [7, 11) is 0. The molecule has 2 unspecified atom stereocenters. The predicted octanol–water partition coefficient (Wildman–Crippen LogP) is 2.20. The van der Waals surface area contributed by atoms with Gasteiger partial charge < -0.3 is 16.2 Å². The summed E-state index contributed by atoms with van der Waals surface area (Å²) in [6.07, 6.45) is 4.10. The molecule has 0 bridgehead atoms. The van der Waals surface area contributed by atoms with E-state index in [1.54, 1.807) is 12.1 Å². The van der Waals surface area contributed by atoms with Gasteiger partial charge in [0, 0.05) is 10.5 Å². The van der Waals surface area contributed by atoms with Crippen molar-refractivity contribution in [1.29, 1.82) is 0 Å². The van der Waals surface area contributed by atoms with E-state index in [4.69, 9.17) is 16.2 Å². The van der Waals surface area contributed by atoms with E-state index in [0.717, 1.165) is 25.7 Å². The summed E-state index contributed by atoms with van der Waals surface area (Å²) in [5.74, 6) is 0.0149. The van der Waals surface area contributed by atoms with Gasteiger partial charge in [-0.3, -0.25) is 4.79 Å². The van der Waals surface area contributed by atoms with Crippen molar-refractivity contribution < 1.29 is 9.53 Å². The van der Waals surface area contributed by atoms with E-state index >= 15 is 0 Å². The molecule has 1 aliphatic carbocycles. The van der Waals surface area contributed by atoms with E-state index in [-0.39, 0.29) is 12.1 Å². The highest BCUT2D eigenvalue weighted by atomic mass is 79.9. The first kappa shape index (κ1) is 13.4. The first-order valence-corrected chi connectivity index (χ1v) is 6.89. The normalized spacial score (nSPS) is 23.7. The Labute approximate surface area is 115 Å². The molecule has 2 rings (SSSR count). The van der Waals surface area contributed by atoms with Gasteiger partial charge in [-0.2, -0.15) is 0 Å². The number of carbonyl (C=O) groups is 1. The van der Waals surface area contributed by atoms with Crippen molar-refractivity contribution in [2.45, 2.75) is 37.8 Å². The van der Waals surface area contributed by atoms with Crippen molar-refractivity contribution in [3.8, 4) is 5.75 Å². The summed E-state index contributed by atoms with van der Waals surface area (Å²) >= 11 is 3.32. The van der Waals surface area contributed by atoms with Crippen LogP contribution in [0.4, 0.5) is 0 Å². The van der Waals surface area contributed by atoms with E-state index in [1.807, 2.05) is 6.07 Å². The lowest BCUT2D eigenvalue weighted by molar-refractivity contribution is 0.0980. The van der Waals surface area contributed by atoms with Crippen molar-refractivity contribution >= 4 is 21.8 Å². The number of halogens is 1. The molecule has 1 aromatic rings. The molecule has 4 N–H and O–H groups in total. The fraction of sp³-hybridized carbons (Fsp3) is 0.462. The van der Waals surface area contributed by atoms with Gasteiger partial charge >= 0.3 is 0 Å². The van der Waals surface area contributed by atoms with E-state index in [2.05, 4.69) is 15.9 Å². The average molecular weight is 313 g/mol. The number of hydrogen-bond donors (Lipinski definition) is 2. The molecular weight excluding hydrogens is 296 g/mol. The van der Waals surface area contributed by atoms with Crippen LogP contribution in [-0.4, -0.2) is 18.1 Å². The number of amides is 1. The minimum absolute atomic E-state index is 0.0264. The van der Waals surface area contributed by atoms with Gasteiger partial charge in [0.1, 0.15) is 11.9 Å². The van der Waals surface area contributed by atoms with Crippen LogP contribution in [0.25, 0.3) is 0 Å². The highest BCUT2D eigenvalue weighted by Gasteiger charge is 2.25. The number of primary amides is 1. The Balaban J connectivity index is 2.23. The Morgan fingerprint density at radius 3 is 2.72 bits per heavy atom. The van der Waals surface area contributed by atoms with Crippen LogP contribution in [0, 0.1) is 0 Å². The molecule has 0 spiro atoms. The maximum absolute atomic E-state index is 11.4. The Bertz CT molecular complexity index is 451. The van der Waals surface area contributed by atoms with Gasteiger partial charge in [-0.15, -0.1) is 0 Å². The lowest BCUT2D eigenvalue weighted by Crippen LogP contribution is -2.41. The van der Waals surface area contributed by atoms with Crippen LogP contribution < -0.4 is 16.2 Å². The summed E-state index contributed by atoms with van der Waals surface area (Å²) in [4.78, 5) is 11.4. The maximum Gasteiger partial charge on any atom is 0.253 e. The highest BCUT2D eigenvalue weighted by Crippen LogP contribution is 2.29. The molecule has 4 nitrogen and oxygen atoms in total.